The minimum absolute atomic E-state index is 0.147. The van der Waals surface area contributed by atoms with Crippen LogP contribution in [0.25, 0.3) is 0 Å². The van der Waals surface area contributed by atoms with E-state index in [1.165, 1.54) is 11.1 Å². The zero-order chi connectivity index (χ0) is 9.97. The lowest BCUT2D eigenvalue weighted by Gasteiger charge is -2.14. The molecule has 1 saturated heterocycles. The van der Waals surface area contributed by atoms with Crippen molar-refractivity contribution in [2.24, 2.45) is 0 Å². The summed E-state index contributed by atoms with van der Waals surface area (Å²) in [5.74, 6) is -0.147. The molecule has 73 valence electrons. The summed E-state index contributed by atoms with van der Waals surface area (Å²) in [5.41, 5.74) is 0.498. The van der Waals surface area contributed by atoms with Crippen LogP contribution in [-0.4, -0.2) is 35.1 Å². The van der Waals surface area contributed by atoms with Crippen molar-refractivity contribution in [3.8, 4) is 0 Å². The number of aromatic nitrogens is 1. The summed E-state index contributed by atoms with van der Waals surface area (Å²) in [6.07, 6.45) is 3.61. The van der Waals surface area contributed by atoms with Gasteiger partial charge < -0.3 is 4.90 Å². The Kier molecular flexibility index (Phi) is 2.43. The van der Waals surface area contributed by atoms with E-state index in [0.29, 0.717) is 18.5 Å². The maximum Gasteiger partial charge on any atom is 0.255 e. The van der Waals surface area contributed by atoms with E-state index in [0.717, 1.165) is 0 Å². The molecule has 1 fully saturated rings. The zero-order valence-electron chi connectivity index (χ0n) is 7.61. The molecule has 0 aliphatic carbocycles. The number of carbonyl (C=O) groups is 1. The summed E-state index contributed by atoms with van der Waals surface area (Å²) in [5, 5.41) is 0. The van der Waals surface area contributed by atoms with Gasteiger partial charge in [0, 0.05) is 12.7 Å². The Morgan fingerprint density at radius 3 is 3.14 bits per heavy atom. The third-order valence-corrected chi connectivity index (χ3v) is 2.28. The minimum Gasteiger partial charge on any atom is -0.336 e. The predicted octanol–water partition coefficient (Wildman–Crippen LogP) is 1.07. The normalized spacial score (nSPS) is 21.2. The van der Waals surface area contributed by atoms with Crippen molar-refractivity contribution in [1.29, 1.82) is 0 Å². The predicted molar refractivity (Wildman–Crippen MR) is 48.5 cm³/mol. The quantitative estimate of drug-likeness (QED) is 0.668. The van der Waals surface area contributed by atoms with E-state index in [4.69, 9.17) is 0 Å². The fourth-order valence-electron chi connectivity index (χ4n) is 1.53. The fourth-order valence-corrected chi connectivity index (χ4v) is 1.53. The minimum atomic E-state index is -0.873. The van der Waals surface area contributed by atoms with Gasteiger partial charge in [0.2, 0.25) is 0 Å². The molecule has 1 aromatic rings. The van der Waals surface area contributed by atoms with E-state index in [2.05, 4.69) is 11.2 Å². The SMILES string of the molecule is O=C(c1cc[c]nc1)N1CC[C@@H](F)C1. The van der Waals surface area contributed by atoms with Crippen LogP contribution in [0.5, 0.6) is 0 Å². The Bertz CT molecular complexity index is 328. The van der Waals surface area contributed by atoms with E-state index in [1.807, 2.05) is 0 Å². The molecule has 1 amide bonds. The molecule has 0 unspecified atom stereocenters. The smallest absolute Gasteiger partial charge is 0.255 e. The molecular weight excluding hydrogens is 183 g/mol. The lowest BCUT2D eigenvalue weighted by Crippen LogP contribution is -2.28. The highest BCUT2D eigenvalue weighted by Crippen LogP contribution is 2.14. The summed E-state index contributed by atoms with van der Waals surface area (Å²) < 4.78 is 12.8. The molecule has 1 aliphatic rings. The molecule has 3 nitrogen and oxygen atoms in total. The molecule has 0 aromatic carbocycles. The molecule has 14 heavy (non-hydrogen) atoms. The molecule has 4 heteroatoms. The standard InChI is InChI=1S/C10H10FN2O/c11-9-3-5-13(7-9)10(14)8-2-1-4-12-6-8/h1-2,6,9H,3,5,7H2/t9-/m1/s1. The Hall–Kier alpha value is -1.45. The van der Waals surface area contributed by atoms with Crippen molar-refractivity contribution in [3.63, 3.8) is 0 Å². The summed E-state index contributed by atoms with van der Waals surface area (Å²) in [6, 6.07) is 3.22. The van der Waals surface area contributed by atoms with Crippen molar-refractivity contribution in [2.45, 2.75) is 12.6 Å². The van der Waals surface area contributed by atoms with Crippen molar-refractivity contribution in [3.05, 3.63) is 30.1 Å². The number of rotatable bonds is 1. The van der Waals surface area contributed by atoms with Crippen LogP contribution in [0.15, 0.2) is 18.3 Å². The van der Waals surface area contributed by atoms with Crippen molar-refractivity contribution >= 4 is 5.91 Å². The first-order chi connectivity index (χ1) is 6.77. The largest absolute Gasteiger partial charge is 0.336 e. The molecule has 1 aliphatic heterocycles. The highest BCUT2D eigenvalue weighted by Gasteiger charge is 2.26. The van der Waals surface area contributed by atoms with E-state index >= 15 is 0 Å². The summed E-state index contributed by atoms with van der Waals surface area (Å²) >= 11 is 0. The van der Waals surface area contributed by atoms with Crippen LogP contribution in [0.4, 0.5) is 4.39 Å². The average molecular weight is 193 g/mol. The topological polar surface area (TPSA) is 33.2 Å². The zero-order valence-corrected chi connectivity index (χ0v) is 7.61. The third kappa shape index (κ3) is 1.73. The number of likely N-dealkylation sites (tertiary alicyclic amines) is 1. The number of nitrogens with zero attached hydrogens (tertiary/aromatic N) is 2. The summed E-state index contributed by atoms with van der Waals surface area (Å²) in [6.45, 7) is 0.704. The number of amides is 1. The van der Waals surface area contributed by atoms with Crippen molar-refractivity contribution < 1.29 is 9.18 Å². The van der Waals surface area contributed by atoms with Gasteiger partial charge in [-0.05, 0) is 18.6 Å². The Morgan fingerprint density at radius 1 is 1.71 bits per heavy atom. The van der Waals surface area contributed by atoms with Crippen molar-refractivity contribution in [1.82, 2.24) is 9.88 Å². The number of hydrogen-bond donors (Lipinski definition) is 0. The van der Waals surface area contributed by atoms with Gasteiger partial charge in [-0.1, -0.05) is 0 Å². The van der Waals surface area contributed by atoms with E-state index in [-0.39, 0.29) is 12.5 Å². The van der Waals surface area contributed by atoms with Crippen LogP contribution < -0.4 is 0 Å². The number of halogens is 1. The van der Waals surface area contributed by atoms with Gasteiger partial charge in [-0.2, -0.15) is 0 Å². The van der Waals surface area contributed by atoms with Gasteiger partial charge in [0.05, 0.1) is 18.3 Å². The number of carbonyl (C=O) groups excluding carboxylic acids is 1. The molecule has 2 rings (SSSR count). The van der Waals surface area contributed by atoms with Crippen LogP contribution in [0.3, 0.4) is 0 Å². The summed E-state index contributed by atoms with van der Waals surface area (Å²) in [4.78, 5) is 16.9. The Morgan fingerprint density at radius 2 is 2.57 bits per heavy atom. The van der Waals surface area contributed by atoms with Gasteiger partial charge in [-0.15, -0.1) is 0 Å². The second-order valence-corrected chi connectivity index (χ2v) is 3.31. The molecule has 2 heterocycles. The Labute approximate surface area is 81.6 Å². The molecule has 1 radical (unpaired) electrons. The second-order valence-electron chi connectivity index (χ2n) is 3.31. The second kappa shape index (κ2) is 3.74. The summed E-state index contributed by atoms with van der Waals surface area (Å²) in [7, 11) is 0. The van der Waals surface area contributed by atoms with Crippen LogP contribution in [0, 0.1) is 6.20 Å². The number of alkyl halides is 1. The van der Waals surface area contributed by atoms with Gasteiger partial charge in [-0.25, -0.2) is 4.39 Å². The van der Waals surface area contributed by atoms with Crippen LogP contribution >= 0.6 is 0 Å². The van der Waals surface area contributed by atoms with Gasteiger partial charge in [-0.3, -0.25) is 9.78 Å². The molecule has 0 spiro atoms. The van der Waals surface area contributed by atoms with Crippen LogP contribution in [0.2, 0.25) is 0 Å². The highest BCUT2D eigenvalue weighted by molar-refractivity contribution is 5.94. The maximum absolute atomic E-state index is 12.8. The van der Waals surface area contributed by atoms with Crippen LogP contribution in [-0.2, 0) is 0 Å². The molecule has 0 bridgehead atoms. The van der Waals surface area contributed by atoms with E-state index in [1.54, 1.807) is 12.1 Å². The molecule has 0 N–H and O–H groups in total. The van der Waals surface area contributed by atoms with Gasteiger partial charge >= 0.3 is 0 Å². The molecule has 1 atom stereocenters. The number of pyridine rings is 1. The van der Waals surface area contributed by atoms with Crippen molar-refractivity contribution in [2.75, 3.05) is 13.1 Å². The molecule has 0 saturated carbocycles. The Balaban J connectivity index is 2.10. The third-order valence-electron chi connectivity index (χ3n) is 2.28. The lowest BCUT2D eigenvalue weighted by atomic mass is 10.2. The first kappa shape index (κ1) is 9.12. The van der Waals surface area contributed by atoms with E-state index < -0.39 is 6.17 Å². The fraction of sp³-hybridized carbons (Fsp3) is 0.400. The van der Waals surface area contributed by atoms with Gasteiger partial charge in [0.25, 0.3) is 5.91 Å². The highest BCUT2D eigenvalue weighted by atomic mass is 19.1. The van der Waals surface area contributed by atoms with E-state index in [9.17, 15) is 9.18 Å². The first-order valence-electron chi connectivity index (χ1n) is 4.53. The molecule has 1 aromatic heterocycles. The van der Waals surface area contributed by atoms with Gasteiger partial charge in [0.1, 0.15) is 6.17 Å². The number of hydrogen-bond acceptors (Lipinski definition) is 2. The van der Waals surface area contributed by atoms with Crippen LogP contribution in [0.1, 0.15) is 16.8 Å². The molecular formula is C10H10FN2O. The monoisotopic (exact) mass is 193 g/mol. The lowest BCUT2D eigenvalue weighted by molar-refractivity contribution is 0.0782. The maximum atomic E-state index is 12.8. The average Bonchev–Trinajstić information content (AvgIpc) is 2.65. The first-order valence-corrected chi connectivity index (χ1v) is 4.53. The van der Waals surface area contributed by atoms with Gasteiger partial charge in [0.15, 0.2) is 0 Å².